The molecule has 0 radical (unpaired) electrons. The molecule has 0 unspecified atom stereocenters. The molecule has 0 amide bonds. The van der Waals surface area contributed by atoms with Crippen molar-refractivity contribution in [2.75, 3.05) is 0 Å². The quantitative estimate of drug-likeness (QED) is 0.144. The Morgan fingerprint density at radius 1 is 0.226 bits per heavy atom. The average Bonchev–Trinajstić information content (AvgIpc) is 3.37. The summed E-state index contributed by atoms with van der Waals surface area (Å²) in [7, 11) is 0. The van der Waals surface area contributed by atoms with Gasteiger partial charge in [0.05, 0.1) is 22.6 Å². The summed E-state index contributed by atoms with van der Waals surface area (Å²) in [5.74, 6) is 0.684. The van der Waals surface area contributed by atoms with E-state index in [9.17, 15) is 0 Å². The van der Waals surface area contributed by atoms with Crippen molar-refractivity contribution in [3.8, 4) is 89.7 Å². The van der Waals surface area contributed by atoms with Crippen LogP contribution in [0.1, 0.15) is 0 Å². The van der Waals surface area contributed by atoms with Gasteiger partial charge in [0.25, 0.3) is 0 Å². The van der Waals surface area contributed by atoms with Crippen LogP contribution < -0.4 is 0 Å². The van der Waals surface area contributed by atoms with Crippen molar-refractivity contribution in [3.63, 3.8) is 0 Å². The van der Waals surface area contributed by atoms with Gasteiger partial charge in [-0.15, -0.1) is 0 Å². The lowest BCUT2D eigenvalue weighted by molar-refractivity contribution is 1.18. The van der Waals surface area contributed by atoms with E-state index in [1.807, 2.05) is 18.2 Å². The smallest absolute Gasteiger partial charge is 0.160 e. The van der Waals surface area contributed by atoms with E-state index in [2.05, 4.69) is 218 Å². The molecule has 11 rings (SSSR count). The number of rotatable bonds is 8. The summed E-state index contributed by atoms with van der Waals surface area (Å²) in [6.07, 6.45) is 0. The Labute approximate surface area is 361 Å². The maximum atomic E-state index is 5.25. The van der Waals surface area contributed by atoms with E-state index in [1.54, 1.807) is 0 Å². The van der Waals surface area contributed by atoms with Crippen LogP contribution in [0.3, 0.4) is 0 Å². The van der Waals surface area contributed by atoms with Crippen LogP contribution >= 0.6 is 0 Å². The lowest BCUT2D eigenvalue weighted by atomic mass is 9.91. The third kappa shape index (κ3) is 7.12. The first-order valence-corrected chi connectivity index (χ1v) is 21.0. The van der Waals surface area contributed by atoms with Gasteiger partial charge in [-0.3, -0.25) is 0 Å². The molecule has 0 fully saturated rings. The Balaban J connectivity index is 1.02. The molecule has 0 atom stereocenters. The first-order chi connectivity index (χ1) is 30.7. The van der Waals surface area contributed by atoms with Gasteiger partial charge in [0, 0.05) is 27.6 Å². The number of hydrogen-bond acceptors (Lipinski definition) is 3. The van der Waals surface area contributed by atoms with Crippen molar-refractivity contribution in [2.45, 2.75) is 0 Å². The minimum atomic E-state index is 0.684. The Hall–Kier alpha value is -8.27. The summed E-state index contributed by atoms with van der Waals surface area (Å²) in [6.45, 7) is 0. The van der Waals surface area contributed by atoms with E-state index < -0.39 is 0 Å². The zero-order valence-electron chi connectivity index (χ0n) is 33.9. The van der Waals surface area contributed by atoms with Crippen LogP contribution in [-0.4, -0.2) is 15.0 Å². The predicted octanol–water partition coefficient (Wildman–Crippen LogP) is 15.5. The van der Waals surface area contributed by atoms with Gasteiger partial charge >= 0.3 is 0 Å². The van der Waals surface area contributed by atoms with Crippen LogP contribution in [0, 0.1) is 0 Å². The summed E-state index contributed by atoms with van der Waals surface area (Å²) < 4.78 is 0. The Bertz CT molecular complexity index is 3260. The van der Waals surface area contributed by atoms with Crippen LogP contribution in [0.15, 0.2) is 237 Å². The fourth-order valence-corrected chi connectivity index (χ4v) is 8.60. The molecular weight excluding hydrogens is 751 g/mol. The SMILES string of the molecule is c1ccc(-c2cccc(-c3cc(-c4ccc(-c5cccc6c5ccc5nc(-c7ccccc7)cc(-c7ccccc7)c56)cc4)nc(-c4cccc(-c5ccccc5)c4)n3)c2)cc1. The van der Waals surface area contributed by atoms with E-state index >= 15 is 0 Å². The number of fused-ring (bicyclic) bond motifs is 3. The molecule has 11 aromatic rings. The third-order valence-electron chi connectivity index (χ3n) is 11.7. The second kappa shape index (κ2) is 16.1. The summed E-state index contributed by atoms with van der Waals surface area (Å²) in [4.78, 5) is 15.7. The van der Waals surface area contributed by atoms with Crippen molar-refractivity contribution >= 4 is 21.7 Å². The number of benzene rings is 9. The van der Waals surface area contributed by atoms with E-state index in [0.29, 0.717) is 5.82 Å². The lowest BCUT2D eigenvalue weighted by Crippen LogP contribution is -1.96. The fraction of sp³-hybridized carbons (Fsp3) is 0. The molecule has 0 aliphatic heterocycles. The van der Waals surface area contributed by atoms with Gasteiger partial charge in [0.1, 0.15) is 0 Å². The van der Waals surface area contributed by atoms with Crippen molar-refractivity contribution in [1.82, 2.24) is 15.0 Å². The molecular formula is C59H39N3. The van der Waals surface area contributed by atoms with Crippen LogP contribution in [0.4, 0.5) is 0 Å². The highest BCUT2D eigenvalue weighted by atomic mass is 14.9. The second-order valence-electron chi connectivity index (χ2n) is 15.6. The molecule has 3 heteroatoms. The maximum Gasteiger partial charge on any atom is 0.160 e. The first kappa shape index (κ1) is 36.8. The molecule has 9 aromatic carbocycles. The normalized spacial score (nSPS) is 11.2. The van der Waals surface area contributed by atoms with Gasteiger partial charge in [-0.2, -0.15) is 0 Å². The highest BCUT2D eigenvalue weighted by Gasteiger charge is 2.16. The molecule has 3 nitrogen and oxygen atoms in total. The highest BCUT2D eigenvalue weighted by Crippen LogP contribution is 2.40. The van der Waals surface area contributed by atoms with E-state index in [4.69, 9.17) is 15.0 Å². The molecule has 0 spiro atoms. The van der Waals surface area contributed by atoms with Gasteiger partial charge in [-0.05, 0) is 85.6 Å². The molecule has 290 valence electrons. The Morgan fingerprint density at radius 3 is 1.32 bits per heavy atom. The molecule has 0 aliphatic rings. The first-order valence-electron chi connectivity index (χ1n) is 21.0. The topological polar surface area (TPSA) is 38.7 Å². The number of pyridine rings is 1. The zero-order valence-corrected chi connectivity index (χ0v) is 33.9. The summed E-state index contributed by atoms with van der Waals surface area (Å²) in [6, 6.07) is 83.4. The van der Waals surface area contributed by atoms with E-state index in [-0.39, 0.29) is 0 Å². The second-order valence-corrected chi connectivity index (χ2v) is 15.6. The van der Waals surface area contributed by atoms with Crippen molar-refractivity contribution in [1.29, 1.82) is 0 Å². The minimum Gasteiger partial charge on any atom is -0.248 e. The maximum absolute atomic E-state index is 5.25. The molecule has 0 saturated carbocycles. The van der Waals surface area contributed by atoms with Crippen LogP contribution in [0.25, 0.3) is 111 Å². The van der Waals surface area contributed by atoms with Crippen molar-refractivity contribution in [2.24, 2.45) is 0 Å². The lowest BCUT2D eigenvalue weighted by Gasteiger charge is -2.15. The van der Waals surface area contributed by atoms with Gasteiger partial charge in [0.15, 0.2) is 5.82 Å². The highest BCUT2D eigenvalue weighted by molar-refractivity contribution is 6.17. The molecule has 0 bridgehead atoms. The van der Waals surface area contributed by atoms with E-state index in [1.165, 1.54) is 33.0 Å². The molecule has 2 heterocycles. The van der Waals surface area contributed by atoms with Crippen LogP contribution in [0.5, 0.6) is 0 Å². The van der Waals surface area contributed by atoms with Crippen LogP contribution in [0.2, 0.25) is 0 Å². The standard InChI is InChI=1S/C59H39N3/c1-5-16-40(17-6-1)46-24-13-26-48(36-46)57-39-56(61-59(62-57)49-27-14-25-47(37-49)41-18-7-2-8-19-41)45-32-30-43(31-33-45)50-28-15-29-52-51(50)34-35-54-58(52)53(42-20-9-3-10-21-42)38-55(60-54)44-22-11-4-12-23-44/h1-39H. The molecule has 0 saturated heterocycles. The Kier molecular flexibility index (Phi) is 9.53. The van der Waals surface area contributed by atoms with Gasteiger partial charge in [-0.1, -0.05) is 206 Å². The zero-order chi connectivity index (χ0) is 41.2. The van der Waals surface area contributed by atoms with Crippen molar-refractivity contribution < 1.29 is 0 Å². The summed E-state index contributed by atoms with van der Waals surface area (Å²) in [5, 5.41) is 3.51. The Morgan fingerprint density at radius 2 is 0.677 bits per heavy atom. The molecule has 0 N–H and O–H groups in total. The molecule has 0 aliphatic carbocycles. The molecule has 62 heavy (non-hydrogen) atoms. The molecule has 2 aromatic heterocycles. The van der Waals surface area contributed by atoms with Crippen molar-refractivity contribution in [3.05, 3.63) is 237 Å². The van der Waals surface area contributed by atoms with Gasteiger partial charge in [-0.25, -0.2) is 15.0 Å². The van der Waals surface area contributed by atoms with Crippen LogP contribution in [-0.2, 0) is 0 Å². The minimum absolute atomic E-state index is 0.684. The largest absolute Gasteiger partial charge is 0.248 e. The number of aromatic nitrogens is 3. The third-order valence-corrected chi connectivity index (χ3v) is 11.7. The fourth-order valence-electron chi connectivity index (χ4n) is 8.60. The van der Waals surface area contributed by atoms with Gasteiger partial charge in [0.2, 0.25) is 0 Å². The number of hydrogen-bond donors (Lipinski definition) is 0. The summed E-state index contributed by atoms with van der Waals surface area (Å²) >= 11 is 0. The van der Waals surface area contributed by atoms with Gasteiger partial charge < -0.3 is 0 Å². The predicted molar refractivity (Wildman–Crippen MR) is 258 cm³/mol. The summed E-state index contributed by atoms with van der Waals surface area (Å²) in [5.41, 5.74) is 17.0. The number of nitrogens with zero attached hydrogens (tertiary/aromatic N) is 3. The van der Waals surface area contributed by atoms with E-state index in [0.717, 1.165) is 72.5 Å². The average molecular weight is 790 g/mol. The monoisotopic (exact) mass is 789 g/mol.